The Morgan fingerprint density at radius 1 is 0.939 bits per heavy atom. The Morgan fingerprint density at radius 3 is 2.27 bits per heavy atom. The van der Waals surface area contributed by atoms with Crippen LogP contribution < -0.4 is 5.32 Å². The molecule has 0 spiro atoms. The molecular formula is C26H30N2O4S. The quantitative estimate of drug-likeness (QED) is 0.543. The van der Waals surface area contributed by atoms with Gasteiger partial charge in [0.2, 0.25) is 14.9 Å². The number of hydrogen-bond acceptors (Lipinski definition) is 5. The number of nitrogens with zero attached hydrogens (tertiary/aromatic N) is 1. The van der Waals surface area contributed by atoms with Gasteiger partial charge >= 0.3 is 0 Å². The molecule has 2 heterocycles. The second kappa shape index (κ2) is 10.4. The van der Waals surface area contributed by atoms with Gasteiger partial charge in [0.05, 0.1) is 10.9 Å². The average molecular weight is 467 g/mol. The third-order valence-electron chi connectivity index (χ3n) is 6.12. The van der Waals surface area contributed by atoms with Crippen LogP contribution in [0.25, 0.3) is 0 Å². The Balaban J connectivity index is 1.49. The van der Waals surface area contributed by atoms with E-state index in [1.54, 1.807) is 18.2 Å². The molecule has 33 heavy (non-hydrogen) atoms. The summed E-state index contributed by atoms with van der Waals surface area (Å²) in [6, 6.07) is 19.3. The third kappa shape index (κ3) is 5.54. The maximum atomic E-state index is 12.8. The molecular weight excluding hydrogens is 436 g/mol. The fraction of sp³-hybridized carbons (Fsp3) is 0.346. The number of amides is 1. The smallest absolute Gasteiger partial charge is 0.287 e. The molecule has 3 aromatic rings. The summed E-state index contributed by atoms with van der Waals surface area (Å²) >= 11 is 0. The molecule has 1 aliphatic heterocycles. The van der Waals surface area contributed by atoms with Gasteiger partial charge in [-0.05, 0) is 62.7 Å². The molecule has 0 radical (unpaired) electrons. The highest BCUT2D eigenvalue weighted by molar-refractivity contribution is 7.91. The van der Waals surface area contributed by atoms with Crippen molar-refractivity contribution >= 4 is 15.7 Å². The van der Waals surface area contributed by atoms with E-state index in [9.17, 15) is 13.2 Å². The first-order valence-electron chi connectivity index (χ1n) is 11.4. The van der Waals surface area contributed by atoms with Crippen molar-refractivity contribution in [3.63, 3.8) is 0 Å². The van der Waals surface area contributed by atoms with Crippen LogP contribution in [0, 0.1) is 6.92 Å². The van der Waals surface area contributed by atoms with Crippen LogP contribution in [0.5, 0.6) is 0 Å². The zero-order chi connectivity index (χ0) is 23.3. The highest BCUT2D eigenvalue weighted by Crippen LogP contribution is 2.25. The third-order valence-corrected chi connectivity index (χ3v) is 7.76. The Morgan fingerprint density at radius 2 is 1.61 bits per heavy atom. The van der Waals surface area contributed by atoms with Crippen LogP contribution in [-0.4, -0.2) is 38.9 Å². The molecule has 1 amide bonds. The number of aryl methyl sites for hydroxylation is 1. The van der Waals surface area contributed by atoms with Crippen molar-refractivity contribution < 1.29 is 17.6 Å². The molecule has 2 aromatic carbocycles. The zero-order valence-electron chi connectivity index (χ0n) is 18.9. The van der Waals surface area contributed by atoms with Gasteiger partial charge in [0.15, 0.2) is 5.76 Å². The van der Waals surface area contributed by atoms with Crippen molar-refractivity contribution in [1.82, 2.24) is 10.2 Å². The average Bonchev–Trinajstić information content (AvgIpc) is 3.19. The Bertz CT molecular complexity index is 1160. The molecule has 1 aliphatic rings. The number of sulfone groups is 1. The van der Waals surface area contributed by atoms with E-state index in [0.717, 1.165) is 31.5 Å². The lowest BCUT2D eigenvalue weighted by Crippen LogP contribution is -2.38. The SMILES string of the molecule is Cc1ccc(C(CNC(=O)c2ccc(S(=O)(=O)c3ccccc3)o2)N2CCCCCC2)cc1. The largest absolute Gasteiger partial charge is 0.439 e. The summed E-state index contributed by atoms with van der Waals surface area (Å²) in [5, 5.41) is 2.73. The number of likely N-dealkylation sites (tertiary alicyclic amines) is 1. The van der Waals surface area contributed by atoms with Gasteiger partial charge in [0.25, 0.3) is 5.91 Å². The van der Waals surface area contributed by atoms with E-state index in [4.69, 9.17) is 4.42 Å². The highest BCUT2D eigenvalue weighted by atomic mass is 32.2. The zero-order valence-corrected chi connectivity index (χ0v) is 19.7. The second-order valence-corrected chi connectivity index (χ2v) is 10.4. The first kappa shape index (κ1) is 23.3. The lowest BCUT2D eigenvalue weighted by atomic mass is 10.0. The van der Waals surface area contributed by atoms with E-state index in [0.29, 0.717) is 6.54 Å². The van der Waals surface area contributed by atoms with Crippen LogP contribution in [-0.2, 0) is 9.84 Å². The van der Waals surface area contributed by atoms with E-state index in [-0.39, 0.29) is 21.8 Å². The molecule has 1 aromatic heterocycles. The van der Waals surface area contributed by atoms with E-state index in [2.05, 4.69) is 41.4 Å². The van der Waals surface area contributed by atoms with Gasteiger partial charge in [-0.25, -0.2) is 8.42 Å². The molecule has 1 fully saturated rings. The van der Waals surface area contributed by atoms with Gasteiger partial charge in [0.1, 0.15) is 0 Å². The monoisotopic (exact) mass is 466 g/mol. The number of benzene rings is 2. The lowest BCUT2D eigenvalue weighted by molar-refractivity contribution is 0.0900. The van der Waals surface area contributed by atoms with Gasteiger partial charge in [-0.2, -0.15) is 0 Å². The molecule has 174 valence electrons. The predicted molar refractivity (Wildman–Crippen MR) is 127 cm³/mol. The Kier molecular flexibility index (Phi) is 7.30. The van der Waals surface area contributed by atoms with Crippen molar-refractivity contribution in [3.05, 3.63) is 83.6 Å². The number of carbonyl (C=O) groups excluding carboxylic acids is 1. The van der Waals surface area contributed by atoms with Crippen molar-refractivity contribution in [2.24, 2.45) is 0 Å². The lowest BCUT2D eigenvalue weighted by Gasteiger charge is -2.31. The molecule has 0 saturated carbocycles. The molecule has 6 nitrogen and oxygen atoms in total. The summed E-state index contributed by atoms with van der Waals surface area (Å²) in [6.45, 7) is 4.47. The summed E-state index contributed by atoms with van der Waals surface area (Å²) in [5.41, 5.74) is 2.36. The van der Waals surface area contributed by atoms with Gasteiger partial charge in [-0.3, -0.25) is 9.69 Å². The fourth-order valence-corrected chi connectivity index (χ4v) is 5.43. The molecule has 0 aliphatic carbocycles. The first-order valence-corrected chi connectivity index (χ1v) is 12.9. The molecule has 1 saturated heterocycles. The van der Waals surface area contributed by atoms with Crippen molar-refractivity contribution in [1.29, 1.82) is 0 Å². The summed E-state index contributed by atoms with van der Waals surface area (Å²) in [5.74, 6) is -0.431. The van der Waals surface area contributed by atoms with Crippen molar-refractivity contribution in [3.8, 4) is 0 Å². The Labute approximate surface area is 195 Å². The fourth-order valence-electron chi connectivity index (χ4n) is 4.23. The summed E-state index contributed by atoms with van der Waals surface area (Å²) in [6.07, 6.45) is 4.76. The summed E-state index contributed by atoms with van der Waals surface area (Å²) in [7, 11) is -3.81. The predicted octanol–water partition coefficient (Wildman–Crippen LogP) is 4.77. The topological polar surface area (TPSA) is 79.6 Å². The molecule has 1 N–H and O–H groups in total. The van der Waals surface area contributed by atoms with Crippen LogP contribution in [0.15, 0.2) is 81.1 Å². The van der Waals surface area contributed by atoms with Gasteiger partial charge in [0, 0.05) is 6.54 Å². The van der Waals surface area contributed by atoms with Gasteiger partial charge in [-0.15, -0.1) is 0 Å². The number of hydrogen-bond donors (Lipinski definition) is 1. The van der Waals surface area contributed by atoms with Crippen molar-refractivity contribution in [2.45, 2.75) is 48.6 Å². The summed E-state index contributed by atoms with van der Waals surface area (Å²) < 4.78 is 31.0. The van der Waals surface area contributed by atoms with E-state index < -0.39 is 15.7 Å². The van der Waals surface area contributed by atoms with E-state index in [1.807, 2.05) is 0 Å². The molecule has 0 bridgehead atoms. The van der Waals surface area contributed by atoms with Crippen molar-refractivity contribution in [2.75, 3.05) is 19.6 Å². The van der Waals surface area contributed by atoms with Gasteiger partial charge < -0.3 is 9.73 Å². The van der Waals surface area contributed by atoms with Crippen LogP contribution in [0.2, 0.25) is 0 Å². The molecule has 4 rings (SSSR count). The van der Waals surface area contributed by atoms with Crippen LogP contribution in [0.3, 0.4) is 0 Å². The number of furan rings is 1. The maximum Gasteiger partial charge on any atom is 0.287 e. The summed E-state index contributed by atoms with van der Waals surface area (Å²) in [4.78, 5) is 15.4. The highest BCUT2D eigenvalue weighted by Gasteiger charge is 2.25. The second-order valence-electron chi connectivity index (χ2n) is 8.52. The molecule has 1 atom stereocenters. The minimum absolute atomic E-state index is 0.0111. The standard InChI is InChI=1S/C26H30N2O4S/c1-20-11-13-21(14-12-20)23(28-17-7-2-3-8-18-28)19-27-26(29)24-15-16-25(32-24)33(30,31)22-9-5-4-6-10-22/h4-6,9-16,23H,2-3,7-8,17-19H2,1H3,(H,27,29). The van der Waals surface area contributed by atoms with E-state index in [1.165, 1.54) is 42.7 Å². The molecule has 1 unspecified atom stereocenters. The first-order chi connectivity index (χ1) is 15.9. The minimum Gasteiger partial charge on any atom is -0.439 e. The maximum absolute atomic E-state index is 12.8. The normalized spacial score (nSPS) is 16.2. The Hall–Kier alpha value is -2.90. The minimum atomic E-state index is -3.81. The van der Waals surface area contributed by atoms with Crippen LogP contribution in [0.1, 0.15) is 53.4 Å². The number of nitrogens with one attached hydrogen (secondary N) is 1. The number of rotatable bonds is 7. The number of carbonyl (C=O) groups is 1. The van der Waals surface area contributed by atoms with E-state index >= 15 is 0 Å². The molecule has 7 heteroatoms. The van der Waals surface area contributed by atoms with Gasteiger partial charge in [-0.1, -0.05) is 60.9 Å². The van der Waals surface area contributed by atoms with Crippen LogP contribution in [0.4, 0.5) is 0 Å². The van der Waals surface area contributed by atoms with Crippen LogP contribution >= 0.6 is 0 Å².